The first-order chi connectivity index (χ1) is 11.2. The number of fused-ring (bicyclic) bond motifs is 5. The molecule has 0 N–H and O–H groups in total. The van der Waals surface area contributed by atoms with Crippen LogP contribution in [0.25, 0.3) is 41.7 Å². The van der Waals surface area contributed by atoms with Crippen LogP contribution >= 0.6 is 38.9 Å². The van der Waals surface area contributed by atoms with Crippen LogP contribution in [0.5, 0.6) is 0 Å². The van der Waals surface area contributed by atoms with Gasteiger partial charge >= 0.3 is 0 Å². The Labute approximate surface area is 150 Å². The van der Waals surface area contributed by atoms with Gasteiger partial charge in [-0.3, -0.25) is 0 Å². The highest BCUT2D eigenvalue weighted by Crippen LogP contribution is 2.46. The van der Waals surface area contributed by atoms with Gasteiger partial charge < -0.3 is 0 Å². The lowest BCUT2D eigenvalue weighted by molar-refractivity contribution is 1.79. The van der Waals surface area contributed by atoms with Gasteiger partial charge in [-0.1, -0.05) is 60.1 Å². The average Bonchev–Trinajstić information content (AvgIpc) is 2.94. The van der Waals surface area contributed by atoms with Crippen LogP contribution in [0.4, 0.5) is 0 Å². The van der Waals surface area contributed by atoms with E-state index in [4.69, 9.17) is 11.6 Å². The van der Waals surface area contributed by atoms with Crippen molar-refractivity contribution in [3.8, 4) is 0 Å². The quantitative estimate of drug-likeness (QED) is 0.250. The van der Waals surface area contributed by atoms with Crippen molar-refractivity contribution >= 4 is 80.6 Å². The van der Waals surface area contributed by atoms with Crippen LogP contribution in [0.3, 0.4) is 0 Å². The highest BCUT2D eigenvalue weighted by Gasteiger charge is 2.15. The molecule has 110 valence electrons. The fraction of sp³-hybridized carbons (Fsp3) is 0. The largest absolute Gasteiger partial charge is 0.134 e. The van der Waals surface area contributed by atoms with E-state index in [1.54, 1.807) is 11.3 Å². The molecule has 1 heterocycles. The number of halogens is 2. The zero-order valence-electron chi connectivity index (χ0n) is 11.9. The van der Waals surface area contributed by atoms with E-state index in [0.29, 0.717) is 0 Å². The molecule has 0 saturated carbocycles. The number of rotatable bonds is 0. The van der Waals surface area contributed by atoms with E-state index in [2.05, 4.69) is 70.5 Å². The highest BCUT2D eigenvalue weighted by atomic mass is 79.9. The van der Waals surface area contributed by atoms with Gasteiger partial charge in [0, 0.05) is 25.3 Å². The van der Waals surface area contributed by atoms with E-state index < -0.39 is 0 Å². The second kappa shape index (κ2) is 4.94. The van der Waals surface area contributed by atoms with Crippen molar-refractivity contribution in [2.24, 2.45) is 0 Å². The number of hydrogen-bond donors (Lipinski definition) is 0. The molecule has 5 rings (SSSR count). The summed E-state index contributed by atoms with van der Waals surface area (Å²) in [5, 5.41) is 8.03. The minimum atomic E-state index is 0.853. The maximum atomic E-state index is 6.79. The van der Waals surface area contributed by atoms with E-state index in [-0.39, 0.29) is 0 Å². The molecule has 0 nitrogen and oxygen atoms in total. The summed E-state index contributed by atoms with van der Waals surface area (Å²) in [5.41, 5.74) is 0. The molecule has 0 spiro atoms. The van der Waals surface area contributed by atoms with Crippen molar-refractivity contribution in [1.29, 1.82) is 0 Å². The molecule has 0 aliphatic rings. The van der Waals surface area contributed by atoms with E-state index in [1.807, 2.05) is 6.07 Å². The Bertz CT molecular complexity index is 1240. The fourth-order valence-electron chi connectivity index (χ4n) is 3.29. The van der Waals surface area contributed by atoms with Gasteiger partial charge in [-0.05, 0) is 44.2 Å². The minimum Gasteiger partial charge on any atom is -0.134 e. The van der Waals surface area contributed by atoms with Gasteiger partial charge in [0.05, 0.1) is 9.72 Å². The van der Waals surface area contributed by atoms with Crippen LogP contribution < -0.4 is 0 Å². The van der Waals surface area contributed by atoms with Crippen LogP contribution in [0, 0.1) is 0 Å². The van der Waals surface area contributed by atoms with Crippen LogP contribution in [-0.4, -0.2) is 0 Å². The zero-order chi connectivity index (χ0) is 15.6. The predicted molar refractivity (Wildman–Crippen MR) is 107 cm³/mol. The molecule has 0 saturated heterocycles. The molecular weight excluding hydrogens is 388 g/mol. The van der Waals surface area contributed by atoms with Gasteiger partial charge in [0.1, 0.15) is 0 Å². The van der Waals surface area contributed by atoms with E-state index >= 15 is 0 Å². The Hall–Kier alpha value is -1.61. The van der Waals surface area contributed by atoms with Gasteiger partial charge in [-0.25, -0.2) is 0 Å². The molecule has 0 atom stereocenters. The van der Waals surface area contributed by atoms with Crippen molar-refractivity contribution in [2.75, 3.05) is 0 Å². The smallest absolute Gasteiger partial charge is 0.0577 e. The minimum absolute atomic E-state index is 0.853. The van der Waals surface area contributed by atoms with Gasteiger partial charge in [0.15, 0.2) is 0 Å². The Kier molecular flexibility index (Phi) is 2.96. The molecule has 1 aromatic heterocycles. The molecule has 0 unspecified atom stereocenters. The van der Waals surface area contributed by atoms with Gasteiger partial charge in [0.2, 0.25) is 0 Å². The van der Waals surface area contributed by atoms with Crippen molar-refractivity contribution in [3.63, 3.8) is 0 Å². The Morgan fingerprint density at radius 2 is 1.43 bits per heavy atom. The normalized spacial score (nSPS) is 11.9. The van der Waals surface area contributed by atoms with Crippen LogP contribution in [0.2, 0.25) is 5.02 Å². The van der Waals surface area contributed by atoms with Crippen LogP contribution in [0.15, 0.2) is 65.1 Å². The Morgan fingerprint density at radius 3 is 2.22 bits per heavy atom. The first kappa shape index (κ1) is 13.8. The lowest BCUT2D eigenvalue weighted by Crippen LogP contribution is -1.78. The summed E-state index contributed by atoms with van der Waals surface area (Å²) < 4.78 is 3.66. The number of hydrogen-bond acceptors (Lipinski definition) is 1. The monoisotopic (exact) mass is 396 g/mol. The second-order valence-corrected chi connectivity index (χ2v) is 7.90. The fourth-order valence-corrected chi connectivity index (χ4v) is 5.73. The molecule has 0 radical (unpaired) electrons. The molecule has 4 aromatic carbocycles. The number of thiophene rings is 1. The highest BCUT2D eigenvalue weighted by molar-refractivity contribution is 9.11. The zero-order valence-corrected chi connectivity index (χ0v) is 15.1. The van der Waals surface area contributed by atoms with Crippen molar-refractivity contribution in [2.45, 2.75) is 0 Å². The summed E-state index contributed by atoms with van der Waals surface area (Å²) in [5.74, 6) is 0. The van der Waals surface area contributed by atoms with E-state index in [9.17, 15) is 0 Å². The summed E-state index contributed by atoms with van der Waals surface area (Å²) in [4.78, 5) is 0. The summed E-state index contributed by atoms with van der Waals surface area (Å²) in [6.45, 7) is 0. The summed E-state index contributed by atoms with van der Waals surface area (Å²) in [6.07, 6.45) is 0. The summed E-state index contributed by atoms with van der Waals surface area (Å²) >= 11 is 12.4. The van der Waals surface area contributed by atoms with E-state index in [1.165, 1.54) is 30.9 Å². The van der Waals surface area contributed by atoms with Crippen LogP contribution in [-0.2, 0) is 0 Å². The Balaban J connectivity index is 2.09. The molecule has 0 aliphatic carbocycles. The van der Waals surface area contributed by atoms with Gasteiger partial charge in [-0.2, -0.15) is 0 Å². The van der Waals surface area contributed by atoms with Crippen molar-refractivity contribution in [1.82, 2.24) is 0 Å². The van der Waals surface area contributed by atoms with E-state index in [0.717, 1.165) is 20.3 Å². The lowest BCUT2D eigenvalue weighted by atomic mass is 10.0. The standard InChI is InChI=1S/C20H10BrClS/c21-18-13-7-3-1-5-11(13)9-15-17-16(23-20(15)18)10-12-6-2-4-8-14(12)19(17)22/h1-10H. The maximum Gasteiger partial charge on any atom is 0.0577 e. The number of benzene rings is 4. The van der Waals surface area contributed by atoms with Crippen molar-refractivity contribution < 1.29 is 0 Å². The summed E-state index contributed by atoms with van der Waals surface area (Å²) in [7, 11) is 0. The topological polar surface area (TPSA) is 0 Å². The molecule has 0 fully saturated rings. The van der Waals surface area contributed by atoms with Gasteiger partial charge in [-0.15, -0.1) is 11.3 Å². The SMILES string of the molecule is Clc1c2ccccc2cc2sc3c(Br)c4ccccc4cc3c12. The maximum absolute atomic E-state index is 6.79. The molecular formula is C20H10BrClS. The van der Waals surface area contributed by atoms with Gasteiger partial charge in [0.25, 0.3) is 0 Å². The Morgan fingerprint density at radius 1 is 0.783 bits per heavy atom. The first-order valence-corrected chi connectivity index (χ1v) is 9.33. The molecule has 0 aliphatic heterocycles. The third kappa shape index (κ3) is 1.89. The molecule has 0 bridgehead atoms. The molecule has 3 heteroatoms. The summed E-state index contributed by atoms with van der Waals surface area (Å²) in [6, 6.07) is 21.3. The van der Waals surface area contributed by atoms with Crippen LogP contribution in [0.1, 0.15) is 0 Å². The molecule has 23 heavy (non-hydrogen) atoms. The predicted octanol–water partition coefficient (Wildman–Crippen LogP) is 7.78. The third-order valence-corrected chi connectivity index (χ3v) is 7.02. The molecule has 5 aromatic rings. The van der Waals surface area contributed by atoms with Crippen molar-refractivity contribution in [3.05, 3.63) is 70.2 Å². The second-order valence-electron chi connectivity index (χ2n) is 5.68. The molecule has 0 amide bonds. The first-order valence-electron chi connectivity index (χ1n) is 7.35. The average molecular weight is 398 g/mol. The lowest BCUT2D eigenvalue weighted by Gasteiger charge is -2.04. The third-order valence-electron chi connectivity index (χ3n) is 4.37.